The molecule has 1 heterocycles. The minimum Gasteiger partial charge on any atom is -0.617 e. The molecule has 0 radical (unpaired) electrons. The molecule has 0 fully saturated rings. The third-order valence-corrected chi connectivity index (χ3v) is 13.9. The van der Waals surface area contributed by atoms with Gasteiger partial charge in [-0.05, 0) is 143 Å². The summed E-state index contributed by atoms with van der Waals surface area (Å²) in [7, 11) is -8.71. The first-order valence-electron chi connectivity index (χ1n) is 5.71. The van der Waals surface area contributed by atoms with E-state index in [-0.39, 0.29) is 16.8 Å². The van der Waals surface area contributed by atoms with Gasteiger partial charge in [0, 0.05) is 12.1 Å². The first-order valence-corrected chi connectivity index (χ1v) is 16.6. The average Bonchev–Trinajstić information content (AvgIpc) is 2.44. The Kier molecular flexibility index (Phi) is 10.9. The summed E-state index contributed by atoms with van der Waals surface area (Å²) in [5.74, 6) is 0. The second-order valence-corrected chi connectivity index (χ2v) is 32.3. The van der Waals surface area contributed by atoms with Crippen molar-refractivity contribution < 1.29 is 30.8 Å². The lowest BCUT2D eigenvalue weighted by Gasteiger charge is -2.18. The van der Waals surface area contributed by atoms with Crippen LogP contribution in [-0.2, 0) is 28.9 Å². The SMILES string of the molecule is O=S(=O)(c1cc(SOOC(Br)(Br)Br)[n+]([O-])c(S(=O)(=O)C(Br)(Br)Br)c1)C(Br)(Br)Br. The molecule has 0 aliphatic heterocycles. The van der Waals surface area contributed by atoms with Gasteiger partial charge in [-0.3, -0.25) is 0 Å². The molecule has 0 amide bonds. The Morgan fingerprint density at radius 3 is 1.71 bits per heavy atom. The highest BCUT2D eigenvalue weighted by Crippen LogP contribution is 2.46. The summed E-state index contributed by atoms with van der Waals surface area (Å²) in [6.07, 6.45) is 0. The Hall–Kier alpha value is 3.44. The van der Waals surface area contributed by atoms with Crippen LogP contribution in [0.4, 0.5) is 0 Å². The molecule has 0 saturated carbocycles. The quantitative estimate of drug-likeness (QED) is 0.0856. The van der Waals surface area contributed by atoms with Gasteiger partial charge in [-0.25, -0.2) is 16.8 Å². The molecule has 0 aromatic carbocycles. The van der Waals surface area contributed by atoms with Crippen molar-refractivity contribution in [3.8, 4) is 0 Å². The van der Waals surface area contributed by atoms with E-state index in [1.807, 2.05) is 0 Å². The zero-order valence-electron chi connectivity index (χ0n) is 12.1. The van der Waals surface area contributed by atoms with Gasteiger partial charge >= 0.3 is 5.03 Å². The Morgan fingerprint density at radius 1 is 0.857 bits per heavy atom. The number of pyridine rings is 1. The number of rotatable bonds is 5. The molecule has 0 atom stereocenters. The lowest BCUT2D eigenvalue weighted by molar-refractivity contribution is -0.685. The molecule has 20 heteroatoms. The highest BCUT2D eigenvalue weighted by atomic mass is 80.0. The van der Waals surface area contributed by atoms with E-state index in [0.29, 0.717) is 6.07 Å². The normalized spacial score (nSPS) is 14.3. The average molecular weight is 1040 g/mol. The number of hydrogen-bond donors (Lipinski definition) is 0. The van der Waals surface area contributed by atoms with Crippen molar-refractivity contribution in [1.82, 2.24) is 0 Å². The van der Waals surface area contributed by atoms with E-state index in [1.165, 1.54) is 0 Å². The number of sulfone groups is 2. The van der Waals surface area contributed by atoms with Crippen LogP contribution in [0.5, 0.6) is 0 Å². The fourth-order valence-electron chi connectivity index (χ4n) is 1.25. The second kappa shape index (κ2) is 10.4. The van der Waals surface area contributed by atoms with Crippen LogP contribution in [0.2, 0.25) is 0 Å². The van der Waals surface area contributed by atoms with Gasteiger partial charge in [0.1, 0.15) is 12.0 Å². The van der Waals surface area contributed by atoms with E-state index in [1.54, 1.807) is 0 Å². The summed E-state index contributed by atoms with van der Waals surface area (Å²) in [6.45, 7) is 0. The summed E-state index contributed by atoms with van der Waals surface area (Å²) in [6, 6.07) is 1.61. The molecule has 1 aromatic rings. The third-order valence-electron chi connectivity index (χ3n) is 2.37. The molecular formula is C8H2Br9NO7S3. The lowest BCUT2D eigenvalue weighted by Crippen LogP contribution is -2.40. The smallest absolute Gasteiger partial charge is 0.314 e. The van der Waals surface area contributed by atoms with E-state index in [9.17, 15) is 22.0 Å². The monoisotopic (exact) mass is 1030 g/mol. The van der Waals surface area contributed by atoms with Crippen LogP contribution in [0.3, 0.4) is 0 Å². The standard InChI is InChI=1S/C8H2Br9NO7S3/c9-6(10,11)24-25-26-4-1-3(27(20,21)7(12,13)14)2-5(18(4)19)28(22,23)8(15,16)17/h1-2H. The number of aromatic nitrogens is 1. The maximum Gasteiger partial charge on any atom is 0.314 e. The summed E-state index contributed by atoms with van der Waals surface area (Å²) >= 11 is 26.3. The van der Waals surface area contributed by atoms with E-state index in [0.717, 1.165) is 6.07 Å². The van der Waals surface area contributed by atoms with Crippen molar-refractivity contribution in [3.63, 3.8) is 0 Å². The summed E-state index contributed by atoms with van der Waals surface area (Å²) in [4.78, 5) is 4.26. The van der Waals surface area contributed by atoms with Crippen LogP contribution < -0.4 is 4.73 Å². The maximum absolute atomic E-state index is 12.7. The highest BCUT2D eigenvalue weighted by molar-refractivity contribution is 9.42. The van der Waals surface area contributed by atoms with Gasteiger partial charge < -0.3 is 5.21 Å². The van der Waals surface area contributed by atoms with Crippen molar-refractivity contribution in [3.05, 3.63) is 17.3 Å². The van der Waals surface area contributed by atoms with Gasteiger partial charge in [0.15, 0.2) is 0 Å². The molecule has 0 unspecified atom stereocenters. The van der Waals surface area contributed by atoms with Gasteiger partial charge in [-0.15, -0.1) is 9.06 Å². The molecule has 0 spiro atoms. The Bertz CT molecular complexity index is 950. The van der Waals surface area contributed by atoms with E-state index in [2.05, 4.69) is 143 Å². The van der Waals surface area contributed by atoms with E-state index < -0.39 is 39.9 Å². The summed E-state index contributed by atoms with van der Waals surface area (Å²) in [5, 5.41) is 11.2. The van der Waals surface area contributed by atoms with E-state index in [4.69, 9.17) is 9.22 Å². The topological polar surface area (TPSA) is 114 Å². The predicted octanol–water partition coefficient (Wildman–Crippen LogP) is 6.21. The molecule has 1 aromatic heterocycles. The number of alkyl halides is 9. The van der Waals surface area contributed by atoms with Crippen molar-refractivity contribution in [2.75, 3.05) is 0 Å². The van der Waals surface area contributed by atoms with Crippen LogP contribution in [0, 0.1) is 5.21 Å². The van der Waals surface area contributed by atoms with E-state index >= 15 is 0 Å². The Labute approximate surface area is 239 Å². The van der Waals surface area contributed by atoms with Crippen LogP contribution in [0.15, 0.2) is 27.1 Å². The molecule has 0 N–H and O–H groups in total. The zero-order valence-corrected chi connectivity index (χ0v) is 28.8. The molecule has 1 rings (SSSR count). The van der Waals surface area contributed by atoms with Crippen molar-refractivity contribution in [2.45, 2.75) is 20.2 Å². The van der Waals surface area contributed by atoms with Gasteiger partial charge in [0.25, 0.3) is 17.2 Å². The fourth-order valence-corrected chi connectivity index (χ4v) is 7.28. The first-order chi connectivity index (χ1) is 12.2. The molecule has 0 aliphatic rings. The first kappa shape index (κ1) is 29.5. The lowest BCUT2D eigenvalue weighted by atomic mass is 10.5. The van der Waals surface area contributed by atoms with Crippen LogP contribution in [0.25, 0.3) is 0 Å². The van der Waals surface area contributed by atoms with Crippen LogP contribution in [-0.4, -0.2) is 22.1 Å². The second-order valence-electron chi connectivity index (χ2n) is 4.24. The van der Waals surface area contributed by atoms with Gasteiger partial charge in [-0.1, -0.05) is 0 Å². The van der Waals surface area contributed by atoms with Crippen LogP contribution in [0.1, 0.15) is 0 Å². The van der Waals surface area contributed by atoms with Gasteiger partial charge in [-0.2, -0.15) is 4.89 Å². The Morgan fingerprint density at radius 2 is 1.32 bits per heavy atom. The number of hydrogen-bond acceptors (Lipinski definition) is 8. The van der Waals surface area contributed by atoms with Crippen molar-refractivity contribution >= 4 is 175 Å². The molecule has 0 saturated heterocycles. The zero-order chi connectivity index (χ0) is 22.3. The molecule has 0 aliphatic carbocycles. The minimum absolute atomic E-state index is 0.0301. The maximum atomic E-state index is 12.7. The fraction of sp³-hybridized carbons (Fsp3) is 0.375. The van der Waals surface area contributed by atoms with Crippen molar-refractivity contribution in [1.29, 1.82) is 0 Å². The predicted molar refractivity (Wildman–Crippen MR) is 136 cm³/mol. The van der Waals surface area contributed by atoms with Gasteiger partial charge in [0.05, 0.1) is 4.90 Å². The van der Waals surface area contributed by atoms with Crippen molar-refractivity contribution in [2.24, 2.45) is 0 Å². The molecule has 28 heavy (non-hydrogen) atoms. The number of nitrogens with zero attached hydrogens (tertiary/aromatic N) is 1. The molecular weight excluding hydrogens is 1040 g/mol. The number of halogens is 9. The summed E-state index contributed by atoms with van der Waals surface area (Å²) < 4.78 is 50.5. The highest BCUT2D eigenvalue weighted by Gasteiger charge is 2.46. The molecule has 8 nitrogen and oxygen atoms in total. The molecule has 162 valence electrons. The Balaban J connectivity index is 3.70. The van der Waals surface area contributed by atoms with Crippen LogP contribution >= 0.6 is 155 Å². The molecule has 0 bridgehead atoms. The third kappa shape index (κ3) is 7.48. The largest absolute Gasteiger partial charge is 0.617 e. The van der Waals surface area contributed by atoms with Gasteiger partial charge in [0.2, 0.25) is 12.8 Å². The summed E-state index contributed by atoms with van der Waals surface area (Å²) in [5.41, 5.74) is 0. The minimum atomic E-state index is -4.46.